The van der Waals surface area contributed by atoms with Gasteiger partial charge >= 0.3 is 0 Å². The van der Waals surface area contributed by atoms with Crippen LogP contribution in [0, 0.1) is 0 Å². The van der Waals surface area contributed by atoms with Crippen molar-refractivity contribution >= 4 is 17.7 Å². The molecule has 0 fully saturated rings. The summed E-state index contributed by atoms with van der Waals surface area (Å²) >= 11 is 1.73. The molecule has 1 rings (SSSR count). The Bertz CT molecular complexity index is 368. The number of amides is 1. The first-order chi connectivity index (χ1) is 8.19. The molecule has 0 radical (unpaired) electrons. The number of carbonyl (C=O) groups is 1. The lowest BCUT2D eigenvalue weighted by molar-refractivity contribution is 0.0943. The molecule has 1 amide bonds. The lowest BCUT2D eigenvalue weighted by atomic mass is 10.0. The molecule has 17 heavy (non-hydrogen) atoms. The lowest BCUT2D eigenvalue weighted by Gasteiger charge is -2.14. The monoisotopic (exact) mass is 252 g/mol. The van der Waals surface area contributed by atoms with Gasteiger partial charge in [-0.1, -0.05) is 18.2 Å². The number of thioether (sulfide) groups is 1. The Morgan fingerprint density at radius 1 is 1.47 bits per heavy atom. The topological polar surface area (TPSA) is 55.1 Å². The molecular formula is C13H20N2OS. The van der Waals surface area contributed by atoms with Crippen LogP contribution in [0.2, 0.25) is 0 Å². The highest BCUT2D eigenvalue weighted by Crippen LogP contribution is 2.09. The van der Waals surface area contributed by atoms with E-state index in [4.69, 9.17) is 5.73 Å². The molecule has 1 atom stereocenters. The Kier molecular flexibility index (Phi) is 6.08. The number of hydrogen-bond donors (Lipinski definition) is 2. The van der Waals surface area contributed by atoms with Crippen LogP contribution in [-0.4, -0.2) is 30.5 Å². The van der Waals surface area contributed by atoms with Crippen LogP contribution >= 0.6 is 11.8 Å². The minimum absolute atomic E-state index is 0.00407. The smallest absolute Gasteiger partial charge is 0.251 e. The van der Waals surface area contributed by atoms with Gasteiger partial charge in [0.05, 0.1) is 0 Å². The minimum Gasteiger partial charge on any atom is -0.349 e. The van der Waals surface area contributed by atoms with Crippen LogP contribution in [0.1, 0.15) is 22.8 Å². The quantitative estimate of drug-likeness (QED) is 0.809. The Balaban J connectivity index is 2.74. The summed E-state index contributed by atoms with van der Waals surface area (Å²) in [6.07, 6.45) is 2.77. The zero-order valence-electron chi connectivity index (χ0n) is 10.4. The molecule has 0 spiro atoms. The van der Waals surface area contributed by atoms with E-state index in [1.54, 1.807) is 11.8 Å². The van der Waals surface area contributed by atoms with Crippen LogP contribution in [0.15, 0.2) is 24.3 Å². The zero-order chi connectivity index (χ0) is 12.7. The summed E-state index contributed by atoms with van der Waals surface area (Å²) < 4.78 is 0. The molecule has 3 N–H and O–H groups in total. The third kappa shape index (κ3) is 4.40. The van der Waals surface area contributed by atoms with E-state index in [1.165, 1.54) is 0 Å². The van der Waals surface area contributed by atoms with E-state index < -0.39 is 0 Å². The van der Waals surface area contributed by atoms with Crippen molar-refractivity contribution in [2.45, 2.75) is 19.4 Å². The number of benzene rings is 1. The molecule has 0 aliphatic heterocycles. The van der Waals surface area contributed by atoms with Gasteiger partial charge in [0.2, 0.25) is 0 Å². The van der Waals surface area contributed by atoms with Gasteiger partial charge in [-0.25, -0.2) is 0 Å². The molecule has 0 aliphatic rings. The second kappa shape index (κ2) is 7.35. The highest BCUT2D eigenvalue weighted by molar-refractivity contribution is 7.98. The van der Waals surface area contributed by atoms with Crippen molar-refractivity contribution in [3.63, 3.8) is 0 Å². The summed E-state index contributed by atoms with van der Waals surface area (Å²) in [5.74, 6) is 0.917. The molecule has 3 nitrogen and oxygen atoms in total. The van der Waals surface area contributed by atoms with Crippen molar-refractivity contribution in [2.75, 3.05) is 18.6 Å². The zero-order valence-corrected chi connectivity index (χ0v) is 11.2. The fourth-order valence-corrected chi connectivity index (χ4v) is 2.29. The van der Waals surface area contributed by atoms with Crippen molar-refractivity contribution in [1.29, 1.82) is 0 Å². The number of hydrogen-bond acceptors (Lipinski definition) is 3. The molecule has 4 heteroatoms. The van der Waals surface area contributed by atoms with Gasteiger partial charge in [-0.3, -0.25) is 4.79 Å². The van der Waals surface area contributed by atoms with Crippen molar-refractivity contribution in [2.24, 2.45) is 5.73 Å². The standard InChI is InChI=1S/C13H20N2OS/c1-10(9-17-2)15-13(16)12-6-4-3-5-11(12)7-8-14/h3-6,10H,7-9,14H2,1-2H3,(H,15,16). The van der Waals surface area contributed by atoms with Gasteiger partial charge in [0.1, 0.15) is 0 Å². The summed E-state index contributed by atoms with van der Waals surface area (Å²) in [6, 6.07) is 7.82. The largest absolute Gasteiger partial charge is 0.349 e. The van der Waals surface area contributed by atoms with Crippen LogP contribution in [0.5, 0.6) is 0 Å². The van der Waals surface area contributed by atoms with E-state index in [0.29, 0.717) is 6.54 Å². The molecule has 0 bridgehead atoms. The Morgan fingerprint density at radius 2 is 2.18 bits per heavy atom. The Morgan fingerprint density at radius 3 is 2.82 bits per heavy atom. The van der Waals surface area contributed by atoms with E-state index in [1.807, 2.05) is 37.4 Å². The fourth-order valence-electron chi connectivity index (χ4n) is 1.71. The summed E-state index contributed by atoms with van der Waals surface area (Å²) in [7, 11) is 0. The minimum atomic E-state index is -0.00407. The van der Waals surface area contributed by atoms with Gasteiger partial charge in [0.25, 0.3) is 5.91 Å². The Hall–Kier alpha value is -1.00. The SMILES string of the molecule is CSCC(C)NC(=O)c1ccccc1CCN. The van der Waals surface area contributed by atoms with Gasteiger partial charge in [-0.2, -0.15) is 11.8 Å². The number of carbonyl (C=O) groups excluding carboxylic acids is 1. The molecule has 1 aromatic rings. The molecule has 1 unspecified atom stereocenters. The number of nitrogens with two attached hydrogens (primary N) is 1. The maximum Gasteiger partial charge on any atom is 0.251 e. The first-order valence-corrected chi connectivity index (χ1v) is 7.16. The highest BCUT2D eigenvalue weighted by Gasteiger charge is 2.12. The molecule has 0 aliphatic carbocycles. The lowest BCUT2D eigenvalue weighted by Crippen LogP contribution is -2.34. The molecule has 94 valence electrons. The van der Waals surface area contributed by atoms with Gasteiger partial charge < -0.3 is 11.1 Å². The van der Waals surface area contributed by atoms with Gasteiger partial charge in [0, 0.05) is 17.4 Å². The van der Waals surface area contributed by atoms with Gasteiger partial charge in [-0.05, 0) is 37.8 Å². The highest BCUT2D eigenvalue weighted by atomic mass is 32.2. The third-order valence-corrected chi connectivity index (χ3v) is 3.30. The first-order valence-electron chi connectivity index (χ1n) is 5.76. The van der Waals surface area contributed by atoms with Gasteiger partial charge in [-0.15, -0.1) is 0 Å². The van der Waals surface area contributed by atoms with Crippen LogP contribution in [-0.2, 0) is 6.42 Å². The fraction of sp³-hybridized carbons (Fsp3) is 0.462. The van der Waals surface area contributed by atoms with Gasteiger partial charge in [0.15, 0.2) is 0 Å². The molecule has 0 saturated heterocycles. The van der Waals surface area contributed by atoms with E-state index in [2.05, 4.69) is 5.32 Å². The van der Waals surface area contributed by atoms with Crippen molar-refractivity contribution in [1.82, 2.24) is 5.32 Å². The predicted octanol–water partition coefficient (Wildman–Crippen LogP) is 1.67. The van der Waals surface area contributed by atoms with E-state index >= 15 is 0 Å². The van der Waals surface area contributed by atoms with Crippen LogP contribution < -0.4 is 11.1 Å². The average Bonchev–Trinajstić information content (AvgIpc) is 2.30. The first kappa shape index (κ1) is 14.1. The molecular weight excluding hydrogens is 232 g/mol. The van der Waals surface area contributed by atoms with Crippen LogP contribution in [0.4, 0.5) is 0 Å². The van der Waals surface area contributed by atoms with Crippen molar-refractivity contribution < 1.29 is 4.79 Å². The number of rotatable bonds is 6. The summed E-state index contributed by atoms with van der Waals surface area (Å²) in [5.41, 5.74) is 7.30. The van der Waals surface area contributed by atoms with Crippen LogP contribution in [0.25, 0.3) is 0 Å². The van der Waals surface area contributed by atoms with Crippen molar-refractivity contribution in [3.05, 3.63) is 35.4 Å². The second-order valence-electron chi connectivity index (χ2n) is 4.03. The molecule has 0 aromatic heterocycles. The normalized spacial score (nSPS) is 12.2. The maximum atomic E-state index is 12.1. The summed E-state index contributed by atoms with van der Waals surface area (Å²) in [5, 5.41) is 3.00. The van der Waals surface area contributed by atoms with Crippen molar-refractivity contribution in [3.8, 4) is 0 Å². The summed E-state index contributed by atoms with van der Waals surface area (Å²) in [6.45, 7) is 2.57. The maximum absolute atomic E-state index is 12.1. The predicted molar refractivity (Wildman–Crippen MR) is 74.5 cm³/mol. The average molecular weight is 252 g/mol. The third-order valence-electron chi connectivity index (χ3n) is 2.47. The van der Waals surface area contributed by atoms with Crippen LogP contribution in [0.3, 0.4) is 0 Å². The second-order valence-corrected chi connectivity index (χ2v) is 4.94. The number of nitrogens with one attached hydrogen (secondary N) is 1. The molecule has 1 aromatic carbocycles. The molecule has 0 saturated carbocycles. The van der Waals surface area contributed by atoms with E-state index in [0.717, 1.165) is 23.3 Å². The summed E-state index contributed by atoms with van der Waals surface area (Å²) in [4.78, 5) is 12.1. The van der Waals surface area contributed by atoms with E-state index in [9.17, 15) is 4.79 Å². The van der Waals surface area contributed by atoms with E-state index in [-0.39, 0.29) is 11.9 Å². The molecule has 0 heterocycles. The Labute approximate surface area is 107 Å².